The number of anilines is 1. The quantitative estimate of drug-likeness (QED) is 0.560. The van der Waals surface area contributed by atoms with Crippen LogP contribution in [0.25, 0.3) is 0 Å². The SMILES string of the molecule is Cc1cccc(NC(=O)NC(=O)COC(=O)CCSc2ccccc2)c1C. The first-order valence-corrected chi connectivity index (χ1v) is 9.45. The second kappa shape index (κ2) is 10.4. The Kier molecular flexibility index (Phi) is 7.88. The highest BCUT2D eigenvalue weighted by Crippen LogP contribution is 2.18. The number of nitrogens with one attached hydrogen (secondary N) is 2. The fourth-order valence-electron chi connectivity index (χ4n) is 2.19. The highest BCUT2D eigenvalue weighted by Gasteiger charge is 2.12. The molecule has 2 rings (SSSR count). The summed E-state index contributed by atoms with van der Waals surface area (Å²) in [5, 5.41) is 4.75. The zero-order valence-electron chi connectivity index (χ0n) is 15.3. The van der Waals surface area contributed by atoms with Crippen LogP contribution in [0.3, 0.4) is 0 Å². The summed E-state index contributed by atoms with van der Waals surface area (Å²) in [6, 6.07) is 14.5. The summed E-state index contributed by atoms with van der Waals surface area (Å²) in [6.07, 6.45) is 0.182. The number of carbonyl (C=O) groups is 3. The third-order valence-electron chi connectivity index (χ3n) is 3.79. The Balaban J connectivity index is 1.66. The first-order chi connectivity index (χ1) is 13.0. The molecular formula is C20H22N2O4S. The maximum atomic E-state index is 11.9. The van der Waals surface area contributed by atoms with Gasteiger partial charge in [0, 0.05) is 16.3 Å². The van der Waals surface area contributed by atoms with E-state index in [0.717, 1.165) is 16.0 Å². The molecule has 0 fully saturated rings. The summed E-state index contributed by atoms with van der Waals surface area (Å²) in [5.74, 6) is -0.609. The van der Waals surface area contributed by atoms with Crippen LogP contribution in [0.2, 0.25) is 0 Å². The lowest BCUT2D eigenvalue weighted by Gasteiger charge is -2.11. The predicted octanol–water partition coefficient (Wildman–Crippen LogP) is 3.68. The van der Waals surface area contributed by atoms with E-state index in [-0.39, 0.29) is 6.42 Å². The van der Waals surface area contributed by atoms with E-state index in [0.29, 0.717) is 11.4 Å². The molecule has 0 aromatic heterocycles. The topological polar surface area (TPSA) is 84.5 Å². The summed E-state index contributed by atoms with van der Waals surface area (Å²) in [4.78, 5) is 36.4. The molecule has 0 unspecified atom stereocenters. The monoisotopic (exact) mass is 386 g/mol. The number of thioether (sulfide) groups is 1. The van der Waals surface area contributed by atoms with Gasteiger partial charge in [0.2, 0.25) is 0 Å². The van der Waals surface area contributed by atoms with Crippen molar-refractivity contribution in [3.05, 3.63) is 59.7 Å². The van der Waals surface area contributed by atoms with Gasteiger partial charge in [-0.3, -0.25) is 14.9 Å². The van der Waals surface area contributed by atoms with Gasteiger partial charge in [-0.15, -0.1) is 11.8 Å². The number of esters is 1. The number of hydrogen-bond acceptors (Lipinski definition) is 5. The fraction of sp³-hybridized carbons (Fsp3) is 0.250. The molecular weight excluding hydrogens is 364 g/mol. The molecule has 2 aromatic rings. The Labute approximate surface area is 162 Å². The maximum Gasteiger partial charge on any atom is 0.325 e. The highest BCUT2D eigenvalue weighted by atomic mass is 32.2. The van der Waals surface area contributed by atoms with Crippen LogP contribution in [0.5, 0.6) is 0 Å². The molecule has 142 valence electrons. The summed E-state index contributed by atoms with van der Waals surface area (Å²) in [6.45, 7) is 3.32. The number of carbonyl (C=O) groups excluding carboxylic acids is 3. The molecule has 0 bridgehead atoms. The minimum absolute atomic E-state index is 0.182. The summed E-state index contributed by atoms with van der Waals surface area (Å²) >= 11 is 1.53. The minimum atomic E-state index is -0.679. The number of ether oxygens (including phenoxy) is 1. The van der Waals surface area contributed by atoms with Crippen LogP contribution in [0, 0.1) is 13.8 Å². The third-order valence-corrected chi connectivity index (χ3v) is 4.80. The van der Waals surface area contributed by atoms with Crippen molar-refractivity contribution in [2.45, 2.75) is 25.2 Å². The average molecular weight is 386 g/mol. The van der Waals surface area contributed by atoms with Crippen molar-refractivity contribution in [2.75, 3.05) is 17.7 Å². The van der Waals surface area contributed by atoms with Crippen molar-refractivity contribution in [3.8, 4) is 0 Å². The standard InChI is InChI=1S/C20H22N2O4S/c1-14-7-6-10-17(15(14)2)21-20(25)22-18(23)13-26-19(24)11-12-27-16-8-4-3-5-9-16/h3-10H,11-13H2,1-2H3,(H2,21,22,23,25). The molecule has 6 nitrogen and oxygen atoms in total. The van der Waals surface area contributed by atoms with Crippen LogP contribution in [0.1, 0.15) is 17.5 Å². The van der Waals surface area contributed by atoms with E-state index < -0.39 is 24.5 Å². The van der Waals surface area contributed by atoms with Crippen molar-refractivity contribution in [1.29, 1.82) is 0 Å². The van der Waals surface area contributed by atoms with E-state index >= 15 is 0 Å². The van der Waals surface area contributed by atoms with E-state index in [1.165, 1.54) is 11.8 Å². The highest BCUT2D eigenvalue weighted by molar-refractivity contribution is 7.99. The number of benzene rings is 2. The van der Waals surface area contributed by atoms with Gasteiger partial charge in [-0.25, -0.2) is 4.79 Å². The lowest BCUT2D eigenvalue weighted by Crippen LogP contribution is -2.37. The lowest BCUT2D eigenvalue weighted by molar-refractivity contribution is -0.147. The normalized spacial score (nSPS) is 10.1. The molecule has 2 N–H and O–H groups in total. The molecule has 0 radical (unpaired) electrons. The number of rotatable bonds is 7. The van der Waals surface area contributed by atoms with E-state index in [9.17, 15) is 14.4 Å². The summed E-state index contributed by atoms with van der Waals surface area (Å²) < 4.78 is 4.89. The van der Waals surface area contributed by atoms with Gasteiger partial charge in [0.15, 0.2) is 6.61 Å². The Morgan fingerprint density at radius 2 is 1.74 bits per heavy atom. The average Bonchev–Trinajstić information content (AvgIpc) is 2.64. The molecule has 0 spiro atoms. The van der Waals surface area contributed by atoms with E-state index in [1.54, 1.807) is 6.07 Å². The first kappa shape index (κ1) is 20.5. The Hall–Kier alpha value is -2.80. The molecule has 0 aliphatic rings. The van der Waals surface area contributed by atoms with Gasteiger partial charge in [-0.05, 0) is 43.2 Å². The molecule has 0 atom stereocenters. The van der Waals surface area contributed by atoms with Crippen molar-refractivity contribution < 1.29 is 19.1 Å². The second-order valence-electron chi connectivity index (χ2n) is 5.82. The smallest absolute Gasteiger partial charge is 0.325 e. The zero-order valence-corrected chi connectivity index (χ0v) is 16.1. The number of urea groups is 1. The van der Waals surface area contributed by atoms with Crippen molar-refractivity contribution in [1.82, 2.24) is 5.32 Å². The van der Waals surface area contributed by atoms with Crippen LogP contribution in [0.15, 0.2) is 53.4 Å². The molecule has 0 heterocycles. The second-order valence-corrected chi connectivity index (χ2v) is 6.99. The van der Waals surface area contributed by atoms with Gasteiger partial charge in [0.05, 0.1) is 6.42 Å². The van der Waals surface area contributed by atoms with Crippen LogP contribution >= 0.6 is 11.8 Å². The van der Waals surface area contributed by atoms with Gasteiger partial charge in [0.25, 0.3) is 5.91 Å². The first-order valence-electron chi connectivity index (χ1n) is 8.46. The molecule has 0 aliphatic carbocycles. The summed E-state index contributed by atoms with van der Waals surface area (Å²) in [7, 11) is 0. The molecule has 0 saturated heterocycles. The number of aryl methyl sites for hydroxylation is 1. The molecule has 3 amide bonds. The van der Waals surface area contributed by atoms with Crippen molar-refractivity contribution in [2.24, 2.45) is 0 Å². The molecule has 27 heavy (non-hydrogen) atoms. The van der Waals surface area contributed by atoms with Gasteiger partial charge >= 0.3 is 12.0 Å². The van der Waals surface area contributed by atoms with Crippen molar-refractivity contribution >= 4 is 35.4 Å². The predicted molar refractivity (Wildman–Crippen MR) is 106 cm³/mol. The molecule has 0 aliphatic heterocycles. The fourth-order valence-corrected chi connectivity index (χ4v) is 3.04. The minimum Gasteiger partial charge on any atom is -0.456 e. The third kappa shape index (κ3) is 7.15. The van der Waals surface area contributed by atoms with Crippen LogP contribution in [-0.2, 0) is 14.3 Å². The summed E-state index contributed by atoms with van der Waals surface area (Å²) in [5.41, 5.74) is 2.57. The van der Waals surface area contributed by atoms with E-state index in [4.69, 9.17) is 4.74 Å². The van der Waals surface area contributed by atoms with Crippen molar-refractivity contribution in [3.63, 3.8) is 0 Å². The Morgan fingerprint density at radius 3 is 2.48 bits per heavy atom. The maximum absolute atomic E-state index is 11.9. The number of imide groups is 1. The Bertz CT molecular complexity index is 809. The van der Waals surface area contributed by atoms with Gasteiger partial charge in [0.1, 0.15) is 0 Å². The van der Waals surface area contributed by atoms with E-state index in [2.05, 4.69) is 10.6 Å². The number of amides is 3. The lowest BCUT2D eigenvalue weighted by atomic mass is 10.1. The van der Waals surface area contributed by atoms with E-state index in [1.807, 2.05) is 56.3 Å². The van der Waals surface area contributed by atoms with Gasteiger partial charge < -0.3 is 10.1 Å². The number of hydrogen-bond donors (Lipinski definition) is 2. The van der Waals surface area contributed by atoms with Crippen LogP contribution in [-0.4, -0.2) is 30.3 Å². The van der Waals surface area contributed by atoms with Crippen LogP contribution in [0.4, 0.5) is 10.5 Å². The van der Waals surface area contributed by atoms with Crippen LogP contribution < -0.4 is 10.6 Å². The van der Waals surface area contributed by atoms with Gasteiger partial charge in [-0.1, -0.05) is 30.3 Å². The van der Waals surface area contributed by atoms with Gasteiger partial charge in [-0.2, -0.15) is 0 Å². The Morgan fingerprint density at radius 1 is 1.00 bits per heavy atom. The molecule has 7 heteroatoms. The molecule has 0 saturated carbocycles. The molecule has 2 aromatic carbocycles. The zero-order chi connectivity index (χ0) is 19.6. The largest absolute Gasteiger partial charge is 0.456 e.